The fourth-order valence-corrected chi connectivity index (χ4v) is 4.56. The zero-order valence-corrected chi connectivity index (χ0v) is 23.3. The summed E-state index contributed by atoms with van der Waals surface area (Å²) in [5.74, 6) is -1.78. The summed E-state index contributed by atoms with van der Waals surface area (Å²) in [5, 5.41) is 7.59. The third kappa shape index (κ3) is 8.73. The molecule has 0 heterocycles. The van der Waals surface area contributed by atoms with Gasteiger partial charge in [0.05, 0.1) is 17.0 Å². The predicted octanol–water partition coefficient (Wildman–Crippen LogP) is 7.50. The van der Waals surface area contributed by atoms with Crippen molar-refractivity contribution < 1.29 is 27.6 Å². The highest BCUT2D eigenvalue weighted by atomic mass is 35.5. The number of alkyl halides is 3. The fourth-order valence-electron chi connectivity index (χ4n) is 3.69. The van der Waals surface area contributed by atoms with Crippen molar-refractivity contribution >= 4 is 58.5 Å². The molecule has 0 aromatic heterocycles. The number of hydrogen-bond acceptors (Lipinski definition) is 4. The number of anilines is 2. The van der Waals surface area contributed by atoms with E-state index in [4.69, 9.17) is 11.6 Å². The van der Waals surface area contributed by atoms with Crippen molar-refractivity contribution in [1.29, 1.82) is 0 Å². The normalized spacial score (nSPS) is 11.5. The number of rotatable bonds is 9. The second kappa shape index (κ2) is 13.9. The number of amides is 3. The Kier molecular flexibility index (Phi) is 10.1. The lowest BCUT2D eigenvalue weighted by Gasteiger charge is -2.14. The van der Waals surface area contributed by atoms with E-state index in [1.807, 2.05) is 18.2 Å². The van der Waals surface area contributed by atoms with Gasteiger partial charge in [-0.25, -0.2) is 0 Å². The average Bonchev–Trinajstić information content (AvgIpc) is 2.98. The van der Waals surface area contributed by atoms with Crippen molar-refractivity contribution in [1.82, 2.24) is 5.32 Å². The molecule has 214 valence electrons. The van der Waals surface area contributed by atoms with Crippen molar-refractivity contribution in [3.05, 3.63) is 131 Å². The summed E-state index contributed by atoms with van der Waals surface area (Å²) in [6, 6.07) is 27.2. The lowest BCUT2D eigenvalue weighted by atomic mass is 10.1. The third-order valence-electron chi connectivity index (χ3n) is 5.68. The van der Waals surface area contributed by atoms with Gasteiger partial charge in [0, 0.05) is 21.2 Å². The Morgan fingerprint density at radius 1 is 0.810 bits per heavy atom. The largest absolute Gasteiger partial charge is 0.418 e. The summed E-state index contributed by atoms with van der Waals surface area (Å²) in [5.41, 5.74) is 0.147. The van der Waals surface area contributed by atoms with Gasteiger partial charge in [-0.15, -0.1) is 11.8 Å². The molecule has 0 unspecified atom stereocenters. The molecule has 0 radical (unpaired) electrons. The van der Waals surface area contributed by atoms with Crippen LogP contribution >= 0.6 is 23.4 Å². The minimum atomic E-state index is -4.68. The van der Waals surface area contributed by atoms with Crippen molar-refractivity contribution in [2.75, 3.05) is 16.4 Å². The molecule has 6 nitrogen and oxygen atoms in total. The molecule has 4 rings (SSSR count). The SMILES string of the molecule is O=C(CSc1ccc(NC(=O)/C(=C/c2ccccc2)NC(=O)c2ccccc2)cc1)Nc1ccc(Cl)cc1C(F)(F)F. The molecule has 4 aromatic carbocycles. The Hall–Kier alpha value is -4.54. The number of benzene rings is 4. The Balaban J connectivity index is 1.39. The number of thioether (sulfide) groups is 1. The van der Waals surface area contributed by atoms with Gasteiger partial charge < -0.3 is 16.0 Å². The first-order valence-electron chi connectivity index (χ1n) is 12.4. The molecule has 42 heavy (non-hydrogen) atoms. The molecule has 0 atom stereocenters. The quantitative estimate of drug-likeness (QED) is 0.135. The first-order chi connectivity index (χ1) is 20.1. The summed E-state index contributed by atoms with van der Waals surface area (Å²) in [4.78, 5) is 38.9. The van der Waals surface area contributed by atoms with Gasteiger partial charge in [-0.05, 0) is 66.2 Å². The van der Waals surface area contributed by atoms with Gasteiger partial charge in [-0.1, -0.05) is 60.1 Å². The minimum Gasteiger partial charge on any atom is -0.325 e. The zero-order chi connectivity index (χ0) is 30.1. The number of carbonyl (C=O) groups is 3. The minimum absolute atomic E-state index is 0.0330. The highest BCUT2D eigenvalue weighted by Crippen LogP contribution is 2.36. The van der Waals surface area contributed by atoms with Crippen LogP contribution in [-0.2, 0) is 15.8 Å². The molecule has 0 aliphatic carbocycles. The van der Waals surface area contributed by atoms with E-state index in [9.17, 15) is 27.6 Å². The molecular formula is C31H23ClF3N3O3S. The van der Waals surface area contributed by atoms with Crippen LogP contribution < -0.4 is 16.0 Å². The zero-order valence-electron chi connectivity index (χ0n) is 21.7. The second-order valence-corrected chi connectivity index (χ2v) is 10.3. The van der Waals surface area contributed by atoms with E-state index >= 15 is 0 Å². The Morgan fingerprint density at radius 3 is 2.10 bits per heavy atom. The molecule has 0 saturated heterocycles. The van der Waals surface area contributed by atoms with E-state index in [0.717, 1.165) is 23.9 Å². The van der Waals surface area contributed by atoms with Crippen LogP contribution in [0.25, 0.3) is 6.08 Å². The van der Waals surface area contributed by atoms with Crippen molar-refractivity contribution in [3.8, 4) is 0 Å². The van der Waals surface area contributed by atoms with Crippen LogP contribution in [0.15, 0.2) is 114 Å². The van der Waals surface area contributed by atoms with Crippen molar-refractivity contribution in [3.63, 3.8) is 0 Å². The summed E-state index contributed by atoms with van der Waals surface area (Å²) in [6.07, 6.45) is -3.12. The lowest BCUT2D eigenvalue weighted by molar-refractivity contribution is -0.137. The molecule has 3 amide bonds. The van der Waals surface area contributed by atoms with Crippen molar-refractivity contribution in [2.45, 2.75) is 11.1 Å². The molecule has 11 heteroatoms. The maximum absolute atomic E-state index is 13.3. The van der Waals surface area contributed by atoms with Gasteiger partial charge in [0.15, 0.2) is 0 Å². The molecule has 0 fully saturated rings. The van der Waals surface area contributed by atoms with Crippen LogP contribution in [0.1, 0.15) is 21.5 Å². The Labute approximate surface area is 249 Å². The molecule has 0 aliphatic heterocycles. The summed E-state index contributed by atoms with van der Waals surface area (Å²) in [7, 11) is 0. The molecule has 0 spiro atoms. The van der Waals surface area contributed by atoms with E-state index in [2.05, 4.69) is 16.0 Å². The van der Waals surface area contributed by atoms with Crippen LogP contribution in [0.3, 0.4) is 0 Å². The molecular weight excluding hydrogens is 587 g/mol. The van der Waals surface area contributed by atoms with Crippen LogP contribution in [0.2, 0.25) is 5.02 Å². The van der Waals surface area contributed by atoms with Gasteiger partial charge >= 0.3 is 6.18 Å². The molecule has 4 aromatic rings. The number of nitrogens with one attached hydrogen (secondary N) is 3. The summed E-state index contributed by atoms with van der Waals surface area (Å²) >= 11 is 6.79. The lowest BCUT2D eigenvalue weighted by Crippen LogP contribution is -2.30. The van der Waals surface area contributed by atoms with Gasteiger partial charge in [0.25, 0.3) is 11.8 Å². The number of hydrogen-bond donors (Lipinski definition) is 3. The standard InChI is InChI=1S/C31H23ClF3N3O3S/c32-22-11-16-26(25(18-22)31(33,34)35)37-28(39)19-42-24-14-12-23(13-15-24)36-30(41)27(17-20-7-3-1-4-8-20)38-29(40)21-9-5-2-6-10-21/h1-18H,19H2,(H,36,41)(H,37,39)(H,38,40)/b27-17-. The number of halogens is 4. The van der Waals surface area contributed by atoms with E-state index in [1.165, 1.54) is 6.07 Å². The van der Waals surface area contributed by atoms with Crippen LogP contribution in [-0.4, -0.2) is 23.5 Å². The molecule has 0 saturated carbocycles. The van der Waals surface area contributed by atoms with E-state index in [0.29, 0.717) is 21.7 Å². The van der Waals surface area contributed by atoms with Gasteiger partial charge in [0.2, 0.25) is 5.91 Å². The fraction of sp³-hybridized carbons (Fsp3) is 0.0645. The monoisotopic (exact) mass is 609 g/mol. The van der Waals surface area contributed by atoms with Crippen LogP contribution in [0.5, 0.6) is 0 Å². The van der Waals surface area contributed by atoms with E-state index in [1.54, 1.807) is 72.8 Å². The molecule has 0 aliphatic rings. The van der Waals surface area contributed by atoms with Crippen LogP contribution in [0, 0.1) is 0 Å². The smallest absolute Gasteiger partial charge is 0.325 e. The highest BCUT2D eigenvalue weighted by Gasteiger charge is 2.34. The van der Waals surface area contributed by atoms with Gasteiger partial charge in [-0.3, -0.25) is 14.4 Å². The van der Waals surface area contributed by atoms with Crippen molar-refractivity contribution in [2.24, 2.45) is 0 Å². The predicted molar refractivity (Wildman–Crippen MR) is 159 cm³/mol. The third-order valence-corrected chi connectivity index (χ3v) is 6.93. The molecule has 3 N–H and O–H groups in total. The maximum atomic E-state index is 13.3. The summed E-state index contributed by atoms with van der Waals surface area (Å²) in [6.45, 7) is 0. The van der Waals surface area contributed by atoms with Gasteiger partial charge in [-0.2, -0.15) is 13.2 Å². The van der Waals surface area contributed by atoms with Gasteiger partial charge in [0.1, 0.15) is 5.70 Å². The second-order valence-electron chi connectivity index (χ2n) is 8.79. The Morgan fingerprint density at radius 2 is 1.45 bits per heavy atom. The number of carbonyl (C=O) groups excluding carboxylic acids is 3. The van der Waals surface area contributed by atoms with E-state index in [-0.39, 0.29) is 22.2 Å². The first kappa shape index (κ1) is 30.4. The topological polar surface area (TPSA) is 87.3 Å². The average molecular weight is 610 g/mol. The summed E-state index contributed by atoms with van der Waals surface area (Å²) < 4.78 is 39.9. The molecule has 0 bridgehead atoms. The highest BCUT2D eigenvalue weighted by molar-refractivity contribution is 8.00. The maximum Gasteiger partial charge on any atom is 0.418 e. The Bertz CT molecular complexity index is 1600. The first-order valence-corrected chi connectivity index (χ1v) is 13.8. The van der Waals surface area contributed by atoms with E-state index < -0.39 is 29.5 Å². The van der Waals surface area contributed by atoms with Crippen LogP contribution in [0.4, 0.5) is 24.5 Å².